The minimum absolute atomic E-state index is 0.0639. The van der Waals surface area contributed by atoms with E-state index in [0.717, 1.165) is 22.4 Å². The molecule has 0 bridgehead atoms. The highest BCUT2D eigenvalue weighted by Gasteiger charge is 2.24. The van der Waals surface area contributed by atoms with Crippen LogP contribution >= 0.6 is 0 Å². The first-order valence-electron chi connectivity index (χ1n) is 6.23. The number of rotatable bonds is 3. The van der Waals surface area contributed by atoms with Crippen LogP contribution in [0.2, 0.25) is 0 Å². The number of benzene rings is 1. The van der Waals surface area contributed by atoms with Gasteiger partial charge in [0.2, 0.25) is 0 Å². The van der Waals surface area contributed by atoms with Crippen molar-refractivity contribution in [3.63, 3.8) is 0 Å². The Morgan fingerprint density at radius 1 is 1.28 bits per heavy atom. The second kappa shape index (κ2) is 5.69. The lowest BCUT2D eigenvalue weighted by atomic mass is 9.97. The summed E-state index contributed by atoms with van der Waals surface area (Å²) in [6.45, 7) is 5.89. The third kappa shape index (κ3) is 2.66. The lowest BCUT2D eigenvalue weighted by molar-refractivity contribution is -0.0975. The predicted molar refractivity (Wildman–Crippen MR) is 70.0 cm³/mol. The summed E-state index contributed by atoms with van der Waals surface area (Å²) < 4.78 is 16.4. The van der Waals surface area contributed by atoms with E-state index in [4.69, 9.17) is 19.9 Å². The topological polar surface area (TPSA) is 53.7 Å². The minimum atomic E-state index is -0.159. The summed E-state index contributed by atoms with van der Waals surface area (Å²) in [4.78, 5) is 0. The van der Waals surface area contributed by atoms with Gasteiger partial charge in [-0.05, 0) is 30.5 Å². The first-order chi connectivity index (χ1) is 8.63. The van der Waals surface area contributed by atoms with Crippen LogP contribution in [-0.2, 0) is 9.47 Å². The van der Waals surface area contributed by atoms with Crippen LogP contribution in [0, 0.1) is 13.8 Å². The van der Waals surface area contributed by atoms with Crippen LogP contribution in [0.5, 0.6) is 5.75 Å². The summed E-state index contributed by atoms with van der Waals surface area (Å²) in [5.74, 6) is 0.923. The number of aryl methyl sites for hydroxylation is 2. The Balaban J connectivity index is 2.22. The number of nitrogens with two attached hydrogens (primary N) is 1. The SMILES string of the molecule is COc1c(C)cc(C(N)C2COCCO2)cc1C. The Labute approximate surface area is 108 Å². The van der Waals surface area contributed by atoms with Gasteiger partial charge in [0.25, 0.3) is 0 Å². The maximum Gasteiger partial charge on any atom is 0.124 e. The molecule has 100 valence electrons. The zero-order chi connectivity index (χ0) is 13.1. The summed E-state index contributed by atoms with van der Waals surface area (Å²) in [5, 5.41) is 0. The van der Waals surface area contributed by atoms with Crippen LogP contribution in [0.4, 0.5) is 0 Å². The second-order valence-corrected chi connectivity index (χ2v) is 4.70. The van der Waals surface area contributed by atoms with E-state index < -0.39 is 0 Å². The highest BCUT2D eigenvalue weighted by Crippen LogP contribution is 2.28. The van der Waals surface area contributed by atoms with E-state index in [-0.39, 0.29) is 12.1 Å². The number of ether oxygens (including phenoxy) is 3. The van der Waals surface area contributed by atoms with Crippen molar-refractivity contribution in [1.29, 1.82) is 0 Å². The van der Waals surface area contributed by atoms with Gasteiger partial charge in [0.05, 0.1) is 33.0 Å². The van der Waals surface area contributed by atoms with Crippen LogP contribution in [0.3, 0.4) is 0 Å². The van der Waals surface area contributed by atoms with E-state index in [9.17, 15) is 0 Å². The molecular formula is C14H21NO3. The molecule has 0 amide bonds. The smallest absolute Gasteiger partial charge is 0.124 e. The van der Waals surface area contributed by atoms with Crippen LogP contribution in [0.1, 0.15) is 22.7 Å². The van der Waals surface area contributed by atoms with Crippen molar-refractivity contribution in [3.05, 3.63) is 28.8 Å². The van der Waals surface area contributed by atoms with Crippen molar-refractivity contribution < 1.29 is 14.2 Å². The zero-order valence-electron chi connectivity index (χ0n) is 11.2. The molecular weight excluding hydrogens is 230 g/mol. The highest BCUT2D eigenvalue weighted by atomic mass is 16.6. The Hall–Kier alpha value is -1.10. The normalized spacial score (nSPS) is 21.7. The Bertz CT molecular complexity index is 390. The average molecular weight is 251 g/mol. The summed E-state index contributed by atoms with van der Waals surface area (Å²) in [7, 11) is 1.69. The fraction of sp³-hybridized carbons (Fsp3) is 0.571. The molecule has 1 aliphatic rings. The molecule has 0 aromatic heterocycles. The molecule has 0 spiro atoms. The Morgan fingerprint density at radius 2 is 1.94 bits per heavy atom. The molecule has 2 N–H and O–H groups in total. The molecule has 0 radical (unpaired) electrons. The van der Waals surface area contributed by atoms with Crippen LogP contribution in [0.25, 0.3) is 0 Å². The van der Waals surface area contributed by atoms with Gasteiger partial charge in [-0.2, -0.15) is 0 Å². The summed E-state index contributed by atoms with van der Waals surface area (Å²) in [5.41, 5.74) is 9.52. The zero-order valence-corrected chi connectivity index (χ0v) is 11.2. The fourth-order valence-electron chi connectivity index (χ4n) is 2.43. The third-order valence-electron chi connectivity index (χ3n) is 3.31. The Morgan fingerprint density at radius 3 is 2.44 bits per heavy atom. The van der Waals surface area contributed by atoms with Gasteiger partial charge >= 0.3 is 0 Å². The van der Waals surface area contributed by atoms with Crippen molar-refractivity contribution in [2.24, 2.45) is 5.73 Å². The fourth-order valence-corrected chi connectivity index (χ4v) is 2.43. The molecule has 2 atom stereocenters. The van der Waals surface area contributed by atoms with Gasteiger partial charge in [0, 0.05) is 0 Å². The molecule has 0 aliphatic carbocycles. The number of hydrogen-bond donors (Lipinski definition) is 1. The molecule has 18 heavy (non-hydrogen) atoms. The molecule has 0 saturated carbocycles. The van der Waals surface area contributed by atoms with Gasteiger partial charge in [-0.1, -0.05) is 12.1 Å². The molecule has 2 unspecified atom stereocenters. The molecule has 4 nitrogen and oxygen atoms in total. The molecule has 1 aromatic carbocycles. The van der Waals surface area contributed by atoms with Crippen LogP contribution in [-0.4, -0.2) is 33.0 Å². The van der Waals surface area contributed by atoms with Crippen molar-refractivity contribution in [2.45, 2.75) is 26.0 Å². The second-order valence-electron chi connectivity index (χ2n) is 4.70. The standard InChI is InChI=1S/C14H21NO3/c1-9-6-11(7-10(2)14(9)16-3)13(15)12-8-17-4-5-18-12/h6-7,12-13H,4-5,8,15H2,1-3H3. The largest absolute Gasteiger partial charge is 0.496 e. The van der Waals surface area contributed by atoms with E-state index >= 15 is 0 Å². The van der Waals surface area contributed by atoms with Crippen LogP contribution in [0.15, 0.2) is 12.1 Å². The van der Waals surface area contributed by atoms with Gasteiger partial charge in [-0.15, -0.1) is 0 Å². The highest BCUT2D eigenvalue weighted by molar-refractivity contribution is 5.44. The van der Waals surface area contributed by atoms with Gasteiger partial charge in [0.15, 0.2) is 0 Å². The lowest BCUT2D eigenvalue weighted by Gasteiger charge is -2.28. The van der Waals surface area contributed by atoms with E-state index in [0.29, 0.717) is 19.8 Å². The molecule has 1 saturated heterocycles. The van der Waals surface area contributed by atoms with Crippen molar-refractivity contribution in [1.82, 2.24) is 0 Å². The molecule has 4 heteroatoms. The van der Waals surface area contributed by atoms with Crippen molar-refractivity contribution in [3.8, 4) is 5.75 Å². The Kier molecular flexibility index (Phi) is 4.22. The lowest BCUT2D eigenvalue weighted by Crippen LogP contribution is -2.37. The van der Waals surface area contributed by atoms with Crippen LogP contribution < -0.4 is 10.5 Å². The van der Waals surface area contributed by atoms with Crippen molar-refractivity contribution in [2.75, 3.05) is 26.9 Å². The van der Waals surface area contributed by atoms with E-state index in [1.807, 2.05) is 13.8 Å². The monoisotopic (exact) mass is 251 g/mol. The molecule has 1 aromatic rings. The number of hydrogen-bond acceptors (Lipinski definition) is 4. The molecule has 1 heterocycles. The van der Waals surface area contributed by atoms with E-state index in [1.165, 1.54) is 0 Å². The molecule has 1 aliphatic heterocycles. The van der Waals surface area contributed by atoms with Gasteiger partial charge in [0.1, 0.15) is 11.9 Å². The minimum Gasteiger partial charge on any atom is -0.496 e. The van der Waals surface area contributed by atoms with E-state index in [1.54, 1.807) is 7.11 Å². The maximum absolute atomic E-state index is 6.25. The third-order valence-corrected chi connectivity index (χ3v) is 3.31. The quantitative estimate of drug-likeness (QED) is 0.889. The summed E-state index contributed by atoms with van der Waals surface area (Å²) >= 11 is 0. The molecule has 1 fully saturated rings. The maximum atomic E-state index is 6.25. The summed E-state index contributed by atoms with van der Waals surface area (Å²) in [6.07, 6.45) is -0.0639. The van der Waals surface area contributed by atoms with Gasteiger partial charge < -0.3 is 19.9 Å². The number of methoxy groups -OCH3 is 1. The first kappa shape index (κ1) is 13.3. The average Bonchev–Trinajstić information content (AvgIpc) is 2.38. The predicted octanol–water partition coefficient (Wildman–Crippen LogP) is 1.73. The van der Waals surface area contributed by atoms with E-state index in [2.05, 4.69) is 12.1 Å². The summed E-state index contributed by atoms with van der Waals surface area (Å²) in [6, 6.07) is 3.97. The van der Waals surface area contributed by atoms with Crippen molar-refractivity contribution >= 4 is 0 Å². The van der Waals surface area contributed by atoms with Gasteiger partial charge in [-0.3, -0.25) is 0 Å². The molecule has 2 rings (SSSR count). The first-order valence-corrected chi connectivity index (χ1v) is 6.23. The van der Waals surface area contributed by atoms with Gasteiger partial charge in [-0.25, -0.2) is 0 Å².